The van der Waals surface area contributed by atoms with Gasteiger partial charge in [-0.1, -0.05) is 160 Å². The maximum absolute atomic E-state index is 12.6. The molecule has 1 unspecified atom stereocenters. The van der Waals surface area contributed by atoms with Crippen molar-refractivity contribution in [2.45, 2.75) is 219 Å². The number of esters is 2. The highest BCUT2D eigenvalue weighted by Gasteiger charge is 2.26. The molecule has 0 fully saturated rings. The van der Waals surface area contributed by atoms with Gasteiger partial charge in [0.15, 0.2) is 6.10 Å². The van der Waals surface area contributed by atoms with E-state index < -0.39 is 26.5 Å². The van der Waals surface area contributed by atoms with Crippen molar-refractivity contribution in [1.82, 2.24) is 0 Å². The maximum Gasteiger partial charge on any atom is 0.472 e. The average Bonchev–Trinajstić information content (AvgIpc) is 3.16. The van der Waals surface area contributed by atoms with Gasteiger partial charge >= 0.3 is 19.8 Å². The van der Waals surface area contributed by atoms with E-state index in [9.17, 15) is 19.0 Å². The van der Waals surface area contributed by atoms with Crippen molar-refractivity contribution in [1.29, 1.82) is 0 Å². The number of unbranched alkanes of at least 4 members (excludes halogenated alkanes) is 25. The Morgan fingerprint density at radius 2 is 0.907 bits per heavy atom. The molecule has 0 amide bonds. The molecular formula is C44H84NO8P. The van der Waals surface area contributed by atoms with E-state index in [1.807, 2.05) is 0 Å². The summed E-state index contributed by atoms with van der Waals surface area (Å²) in [5.74, 6) is -0.837. The molecule has 0 saturated heterocycles. The van der Waals surface area contributed by atoms with Crippen molar-refractivity contribution < 1.29 is 37.6 Å². The lowest BCUT2D eigenvalue weighted by Crippen LogP contribution is -2.29. The predicted octanol–water partition coefficient (Wildman–Crippen LogP) is 12.8. The molecule has 3 N–H and O–H groups in total. The van der Waals surface area contributed by atoms with E-state index in [0.29, 0.717) is 6.42 Å². The molecule has 0 heterocycles. The Hall–Kier alpha value is -1.51. The summed E-state index contributed by atoms with van der Waals surface area (Å²) in [4.78, 5) is 34.9. The number of nitrogens with two attached hydrogens (primary N) is 1. The molecule has 0 rings (SSSR count). The molecule has 0 bridgehead atoms. The molecule has 54 heavy (non-hydrogen) atoms. The molecule has 0 aromatic heterocycles. The second-order valence-electron chi connectivity index (χ2n) is 14.9. The molecular weight excluding hydrogens is 701 g/mol. The van der Waals surface area contributed by atoms with Crippen molar-refractivity contribution in [2.75, 3.05) is 26.4 Å². The van der Waals surface area contributed by atoms with Crippen molar-refractivity contribution in [3.05, 3.63) is 24.3 Å². The van der Waals surface area contributed by atoms with Crippen LogP contribution in [0.3, 0.4) is 0 Å². The second-order valence-corrected chi connectivity index (χ2v) is 16.4. The Morgan fingerprint density at radius 1 is 0.537 bits per heavy atom. The highest BCUT2D eigenvalue weighted by Crippen LogP contribution is 2.43. The Balaban J connectivity index is 4.14. The van der Waals surface area contributed by atoms with Gasteiger partial charge in [0.1, 0.15) is 6.61 Å². The van der Waals surface area contributed by atoms with Crippen LogP contribution in [0.4, 0.5) is 0 Å². The molecule has 0 aromatic rings. The summed E-state index contributed by atoms with van der Waals surface area (Å²) in [6.07, 6.45) is 43.4. The van der Waals surface area contributed by atoms with Gasteiger partial charge in [-0.2, -0.15) is 0 Å². The number of allylic oxidation sites excluding steroid dienone is 4. The van der Waals surface area contributed by atoms with Crippen LogP contribution in [0.1, 0.15) is 213 Å². The third kappa shape index (κ3) is 40.2. The van der Waals surface area contributed by atoms with Crippen molar-refractivity contribution in [3.63, 3.8) is 0 Å². The van der Waals surface area contributed by atoms with Crippen LogP contribution in [-0.4, -0.2) is 49.3 Å². The molecule has 0 aromatic carbocycles. The van der Waals surface area contributed by atoms with E-state index in [1.54, 1.807) is 0 Å². The van der Waals surface area contributed by atoms with Crippen LogP contribution in [0.2, 0.25) is 0 Å². The quantitative estimate of drug-likeness (QED) is 0.0268. The topological polar surface area (TPSA) is 134 Å². The lowest BCUT2D eigenvalue weighted by atomic mass is 10.1. The molecule has 9 nitrogen and oxygen atoms in total. The summed E-state index contributed by atoms with van der Waals surface area (Å²) in [5.41, 5.74) is 5.35. The van der Waals surface area contributed by atoms with E-state index in [1.165, 1.54) is 116 Å². The number of hydrogen-bond acceptors (Lipinski definition) is 8. The molecule has 0 aliphatic rings. The van der Waals surface area contributed by atoms with Gasteiger partial charge in [-0.25, -0.2) is 4.57 Å². The predicted molar refractivity (Wildman–Crippen MR) is 224 cm³/mol. The first-order valence-corrected chi connectivity index (χ1v) is 23.8. The lowest BCUT2D eigenvalue weighted by molar-refractivity contribution is -0.161. The van der Waals surface area contributed by atoms with E-state index in [4.69, 9.17) is 24.3 Å². The fraction of sp³-hybridized carbons (Fsp3) is 0.864. The van der Waals surface area contributed by atoms with E-state index in [-0.39, 0.29) is 38.6 Å². The summed E-state index contributed by atoms with van der Waals surface area (Å²) in [6, 6.07) is 0. The number of carbonyl (C=O) groups is 2. The van der Waals surface area contributed by atoms with Gasteiger partial charge in [0.05, 0.1) is 13.2 Å². The zero-order chi connectivity index (χ0) is 39.6. The summed E-state index contributed by atoms with van der Waals surface area (Å²) < 4.78 is 32.8. The number of ether oxygens (including phenoxy) is 2. The van der Waals surface area contributed by atoms with Crippen molar-refractivity contribution in [2.24, 2.45) is 5.73 Å². The molecule has 0 spiro atoms. The monoisotopic (exact) mass is 786 g/mol. The first kappa shape index (κ1) is 52.5. The molecule has 0 aliphatic heterocycles. The number of rotatable bonds is 42. The Bertz CT molecular complexity index is 944. The van der Waals surface area contributed by atoms with Gasteiger partial charge in [-0.15, -0.1) is 0 Å². The highest BCUT2D eigenvalue weighted by atomic mass is 31.2. The van der Waals surface area contributed by atoms with E-state index in [0.717, 1.165) is 64.2 Å². The maximum atomic E-state index is 12.6. The third-order valence-electron chi connectivity index (χ3n) is 9.56. The minimum atomic E-state index is -4.38. The van der Waals surface area contributed by atoms with Crippen LogP contribution >= 0.6 is 7.82 Å². The molecule has 318 valence electrons. The third-order valence-corrected chi connectivity index (χ3v) is 10.5. The van der Waals surface area contributed by atoms with Gasteiger partial charge in [0.2, 0.25) is 0 Å². The van der Waals surface area contributed by atoms with Gasteiger partial charge < -0.3 is 20.1 Å². The summed E-state index contributed by atoms with van der Waals surface area (Å²) >= 11 is 0. The van der Waals surface area contributed by atoms with Crippen molar-refractivity contribution >= 4 is 19.8 Å². The fourth-order valence-electron chi connectivity index (χ4n) is 6.21. The first-order valence-electron chi connectivity index (χ1n) is 22.3. The zero-order valence-corrected chi connectivity index (χ0v) is 35.9. The lowest BCUT2D eigenvalue weighted by Gasteiger charge is -2.19. The normalized spacial score (nSPS) is 13.5. The molecule has 10 heteroatoms. The summed E-state index contributed by atoms with van der Waals surface area (Å²) in [7, 11) is -4.38. The molecule has 0 radical (unpaired) electrons. The van der Waals surface area contributed by atoms with E-state index >= 15 is 0 Å². The van der Waals surface area contributed by atoms with Crippen LogP contribution in [0.15, 0.2) is 24.3 Å². The Labute approximate surface area is 332 Å². The van der Waals surface area contributed by atoms with E-state index in [2.05, 4.69) is 38.2 Å². The van der Waals surface area contributed by atoms with Crippen LogP contribution in [0.5, 0.6) is 0 Å². The SMILES string of the molecule is CCCCCCCC/C=C\CCCCCCCCCC(=O)O[C@H](COC(=O)CCCCCCC/C=C\CCCCCCCCC)COP(=O)(O)OCCN. The van der Waals surface area contributed by atoms with Crippen LogP contribution in [-0.2, 0) is 32.7 Å². The van der Waals surface area contributed by atoms with Gasteiger partial charge in [0, 0.05) is 19.4 Å². The minimum absolute atomic E-state index is 0.0526. The van der Waals surface area contributed by atoms with Crippen LogP contribution in [0, 0.1) is 0 Å². The van der Waals surface area contributed by atoms with Crippen molar-refractivity contribution in [3.8, 4) is 0 Å². The summed E-state index contributed by atoms with van der Waals surface area (Å²) in [5, 5.41) is 0. The van der Waals surface area contributed by atoms with Crippen LogP contribution in [0.25, 0.3) is 0 Å². The number of phosphoric acid groups is 1. The van der Waals surface area contributed by atoms with Gasteiger partial charge in [-0.05, 0) is 64.2 Å². The number of carbonyl (C=O) groups excluding carboxylic acids is 2. The summed E-state index contributed by atoms with van der Waals surface area (Å²) in [6.45, 7) is 3.73. The molecule has 0 saturated carbocycles. The average molecular weight is 786 g/mol. The van der Waals surface area contributed by atoms with Gasteiger partial charge in [0.25, 0.3) is 0 Å². The molecule has 2 atom stereocenters. The largest absolute Gasteiger partial charge is 0.472 e. The minimum Gasteiger partial charge on any atom is -0.462 e. The Kier molecular flexibility index (Phi) is 40.0. The number of phosphoric ester groups is 1. The second kappa shape index (κ2) is 41.1. The highest BCUT2D eigenvalue weighted by molar-refractivity contribution is 7.47. The Morgan fingerprint density at radius 3 is 1.31 bits per heavy atom. The van der Waals surface area contributed by atoms with Gasteiger partial charge in [-0.3, -0.25) is 18.6 Å². The number of hydrogen-bond donors (Lipinski definition) is 2. The zero-order valence-electron chi connectivity index (χ0n) is 35.0. The molecule has 0 aliphatic carbocycles. The fourth-order valence-corrected chi connectivity index (χ4v) is 6.98. The standard InChI is InChI=1S/C44H84NO8P/c1-3-5-7-9-11-13-15-17-19-21-23-25-27-29-31-33-35-37-44(47)53-42(41-52-54(48,49)51-39-38-45)40-50-43(46)36-34-32-30-28-26-24-22-20-18-16-14-12-10-8-6-4-2/h17,19-20,22,42H,3-16,18,21,23-41,45H2,1-2H3,(H,48,49)/b19-17-,22-20-/t42-/m1/s1. The first-order chi connectivity index (χ1) is 26.3. The smallest absolute Gasteiger partial charge is 0.462 e. The van der Waals surface area contributed by atoms with Crippen LogP contribution < -0.4 is 5.73 Å².